The van der Waals surface area contributed by atoms with E-state index in [9.17, 15) is 0 Å². The Hall–Kier alpha value is -0.780. The Bertz CT molecular complexity index is 206. The quantitative estimate of drug-likeness (QED) is 0.500. The van der Waals surface area contributed by atoms with Crippen molar-refractivity contribution in [3.05, 3.63) is 36.0 Å². The zero-order chi connectivity index (χ0) is 8.27. The molecule has 1 aliphatic rings. The maximum absolute atomic E-state index is 2.28. The third-order valence-electron chi connectivity index (χ3n) is 2.40. The van der Waals surface area contributed by atoms with Gasteiger partial charge < -0.3 is 0 Å². The lowest BCUT2D eigenvalue weighted by Gasteiger charge is -2.21. The molecule has 0 radical (unpaired) electrons. The summed E-state index contributed by atoms with van der Waals surface area (Å²) in [6, 6.07) is 0. The second-order valence-electron chi connectivity index (χ2n) is 3.19. The molecule has 0 amide bonds. The van der Waals surface area contributed by atoms with Gasteiger partial charge >= 0.3 is 0 Å². The molecule has 0 bridgehead atoms. The van der Waals surface area contributed by atoms with Crippen molar-refractivity contribution in [3.8, 4) is 0 Å². The minimum absolute atomic E-state index is 0.616. The van der Waals surface area contributed by atoms with Gasteiger partial charge in [-0.1, -0.05) is 42.9 Å². The number of rotatable bonds is 1. The van der Waals surface area contributed by atoms with Crippen LogP contribution >= 0.6 is 0 Å². The smallest absolute Gasteiger partial charge is 0.00124 e. The SMILES string of the molecule is C/C=C\C1C=CC=C(C)C1C. The molecule has 11 heavy (non-hydrogen) atoms. The van der Waals surface area contributed by atoms with Crippen LogP contribution in [0.15, 0.2) is 36.0 Å². The molecule has 0 saturated carbocycles. The van der Waals surface area contributed by atoms with E-state index in [4.69, 9.17) is 0 Å². The second kappa shape index (κ2) is 3.56. The van der Waals surface area contributed by atoms with Crippen molar-refractivity contribution in [1.29, 1.82) is 0 Å². The molecule has 60 valence electrons. The molecule has 0 aromatic heterocycles. The Morgan fingerprint density at radius 1 is 1.45 bits per heavy atom. The summed E-state index contributed by atoms with van der Waals surface area (Å²) < 4.78 is 0. The van der Waals surface area contributed by atoms with Crippen LogP contribution in [0.5, 0.6) is 0 Å². The van der Waals surface area contributed by atoms with Gasteiger partial charge in [-0.3, -0.25) is 0 Å². The average Bonchev–Trinajstić information content (AvgIpc) is 1.99. The standard InChI is InChI=1S/C11H16/c1-4-6-11-8-5-7-9(2)10(11)3/h4-8,10-11H,1-3H3/b6-4-. The molecule has 0 fully saturated rings. The van der Waals surface area contributed by atoms with Crippen LogP contribution in [0.4, 0.5) is 0 Å². The van der Waals surface area contributed by atoms with E-state index >= 15 is 0 Å². The van der Waals surface area contributed by atoms with E-state index in [2.05, 4.69) is 51.2 Å². The van der Waals surface area contributed by atoms with Gasteiger partial charge in [0.15, 0.2) is 0 Å². The fourth-order valence-electron chi connectivity index (χ4n) is 1.41. The van der Waals surface area contributed by atoms with Gasteiger partial charge in [-0.05, 0) is 19.8 Å². The van der Waals surface area contributed by atoms with Crippen LogP contribution in [-0.2, 0) is 0 Å². The summed E-state index contributed by atoms with van der Waals surface area (Å²) in [6.45, 7) is 6.55. The molecule has 0 aliphatic heterocycles. The summed E-state index contributed by atoms with van der Waals surface area (Å²) in [5.41, 5.74) is 1.48. The van der Waals surface area contributed by atoms with Crippen LogP contribution < -0.4 is 0 Å². The van der Waals surface area contributed by atoms with Gasteiger partial charge in [-0.25, -0.2) is 0 Å². The van der Waals surface area contributed by atoms with E-state index in [0.29, 0.717) is 11.8 Å². The second-order valence-corrected chi connectivity index (χ2v) is 3.19. The van der Waals surface area contributed by atoms with Crippen molar-refractivity contribution in [1.82, 2.24) is 0 Å². The highest BCUT2D eigenvalue weighted by molar-refractivity contribution is 5.23. The van der Waals surface area contributed by atoms with Crippen molar-refractivity contribution in [2.24, 2.45) is 11.8 Å². The molecule has 0 spiro atoms. The van der Waals surface area contributed by atoms with E-state index in [0.717, 1.165) is 0 Å². The minimum Gasteiger partial charge on any atom is -0.0910 e. The lowest BCUT2D eigenvalue weighted by Crippen LogP contribution is -2.10. The first-order valence-corrected chi connectivity index (χ1v) is 4.23. The van der Waals surface area contributed by atoms with Gasteiger partial charge in [-0.2, -0.15) is 0 Å². The van der Waals surface area contributed by atoms with E-state index in [1.165, 1.54) is 5.57 Å². The fraction of sp³-hybridized carbons (Fsp3) is 0.455. The highest BCUT2D eigenvalue weighted by atomic mass is 14.2. The summed E-state index contributed by atoms with van der Waals surface area (Å²) in [6.07, 6.45) is 11.0. The molecular formula is C11H16. The number of allylic oxidation sites excluding steroid dienone is 6. The molecule has 0 nitrogen and oxygen atoms in total. The van der Waals surface area contributed by atoms with Crippen LogP contribution in [0.25, 0.3) is 0 Å². The average molecular weight is 148 g/mol. The van der Waals surface area contributed by atoms with Crippen molar-refractivity contribution in [3.63, 3.8) is 0 Å². The van der Waals surface area contributed by atoms with Gasteiger partial charge in [-0.15, -0.1) is 0 Å². The van der Waals surface area contributed by atoms with Crippen molar-refractivity contribution >= 4 is 0 Å². The minimum atomic E-state index is 0.616. The molecule has 2 atom stereocenters. The third-order valence-corrected chi connectivity index (χ3v) is 2.40. The first kappa shape index (κ1) is 8.32. The fourth-order valence-corrected chi connectivity index (χ4v) is 1.41. The Morgan fingerprint density at radius 2 is 2.18 bits per heavy atom. The van der Waals surface area contributed by atoms with Crippen LogP contribution in [0.1, 0.15) is 20.8 Å². The van der Waals surface area contributed by atoms with Crippen LogP contribution in [0.3, 0.4) is 0 Å². The van der Waals surface area contributed by atoms with Crippen molar-refractivity contribution in [2.75, 3.05) is 0 Å². The summed E-state index contributed by atoms with van der Waals surface area (Å²) in [4.78, 5) is 0. The van der Waals surface area contributed by atoms with Crippen LogP contribution in [0.2, 0.25) is 0 Å². The van der Waals surface area contributed by atoms with E-state index in [-0.39, 0.29) is 0 Å². The highest BCUT2D eigenvalue weighted by Gasteiger charge is 2.14. The molecule has 0 aromatic rings. The molecule has 0 N–H and O–H groups in total. The van der Waals surface area contributed by atoms with E-state index in [1.807, 2.05) is 0 Å². The van der Waals surface area contributed by atoms with Gasteiger partial charge in [0.05, 0.1) is 0 Å². The maximum atomic E-state index is 2.28. The summed E-state index contributed by atoms with van der Waals surface area (Å²) in [5, 5.41) is 0. The molecule has 0 heteroatoms. The van der Waals surface area contributed by atoms with Gasteiger partial charge in [0.25, 0.3) is 0 Å². The summed E-state index contributed by atoms with van der Waals surface area (Å²) in [5.74, 6) is 1.29. The molecular weight excluding hydrogens is 132 g/mol. The Balaban J connectivity index is 2.73. The molecule has 2 unspecified atom stereocenters. The monoisotopic (exact) mass is 148 g/mol. The van der Waals surface area contributed by atoms with Gasteiger partial charge in [0.1, 0.15) is 0 Å². The lowest BCUT2D eigenvalue weighted by molar-refractivity contribution is 0.570. The molecule has 0 heterocycles. The first-order valence-electron chi connectivity index (χ1n) is 4.23. The third kappa shape index (κ3) is 1.83. The van der Waals surface area contributed by atoms with Crippen molar-refractivity contribution in [2.45, 2.75) is 20.8 Å². The Labute approximate surface area is 69.3 Å². The molecule has 0 aromatic carbocycles. The van der Waals surface area contributed by atoms with Gasteiger partial charge in [0, 0.05) is 5.92 Å². The zero-order valence-electron chi connectivity index (χ0n) is 7.54. The van der Waals surface area contributed by atoms with E-state index in [1.54, 1.807) is 0 Å². The maximum Gasteiger partial charge on any atom is 0.00124 e. The largest absolute Gasteiger partial charge is 0.0910 e. The summed E-state index contributed by atoms with van der Waals surface area (Å²) in [7, 11) is 0. The van der Waals surface area contributed by atoms with Gasteiger partial charge in [0.2, 0.25) is 0 Å². The zero-order valence-corrected chi connectivity index (χ0v) is 7.54. The van der Waals surface area contributed by atoms with Crippen LogP contribution in [0, 0.1) is 11.8 Å². The Morgan fingerprint density at radius 3 is 2.82 bits per heavy atom. The highest BCUT2D eigenvalue weighted by Crippen LogP contribution is 2.26. The van der Waals surface area contributed by atoms with Crippen molar-refractivity contribution < 1.29 is 0 Å². The topological polar surface area (TPSA) is 0 Å². The number of hydrogen-bond acceptors (Lipinski definition) is 0. The molecule has 0 saturated heterocycles. The van der Waals surface area contributed by atoms with E-state index < -0.39 is 0 Å². The lowest BCUT2D eigenvalue weighted by atomic mass is 9.84. The molecule has 1 aliphatic carbocycles. The predicted molar refractivity (Wildman–Crippen MR) is 50.4 cm³/mol. The first-order chi connectivity index (χ1) is 5.25. The normalized spacial score (nSPS) is 31.0. The number of hydrogen-bond donors (Lipinski definition) is 0. The van der Waals surface area contributed by atoms with Crippen LogP contribution in [-0.4, -0.2) is 0 Å². The molecule has 1 rings (SSSR count). The Kier molecular flexibility index (Phi) is 2.70. The predicted octanol–water partition coefficient (Wildman–Crippen LogP) is 3.33. The summed E-state index contributed by atoms with van der Waals surface area (Å²) >= 11 is 0.